The van der Waals surface area contributed by atoms with Crippen molar-refractivity contribution < 1.29 is 12.8 Å². The van der Waals surface area contributed by atoms with Gasteiger partial charge in [-0.1, -0.05) is 17.7 Å². The molecule has 0 fully saturated rings. The maximum Gasteiger partial charge on any atom is 0.151 e. The zero-order chi connectivity index (χ0) is 13.4. The van der Waals surface area contributed by atoms with Gasteiger partial charge >= 0.3 is 0 Å². The van der Waals surface area contributed by atoms with Gasteiger partial charge in [-0.2, -0.15) is 0 Å². The van der Waals surface area contributed by atoms with Gasteiger partial charge in [-0.25, -0.2) is 12.8 Å². The van der Waals surface area contributed by atoms with E-state index in [9.17, 15) is 12.8 Å². The Morgan fingerprint density at radius 2 is 1.94 bits per heavy atom. The maximum atomic E-state index is 13.2. The molecule has 0 bridgehead atoms. The summed E-state index contributed by atoms with van der Waals surface area (Å²) in [5.41, 5.74) is 6.70. The number of benzene rings is 1. The molecular weight excluding hydrogens is 265 g/mol. The van der Waals surface area contributed by atoms with Crippen LogP contribution in [0.4, 0.5) is 4.39 Å². The van der Waals surface area contributed by atoms with E-state index in [1.54, 1.807) is 6.92 Å². The fraction of sp³-hybridized carbons (Fsp3) is 0.455. The minimum absolute atomic E-state index is 0.149. The molecule has 0 aliphatic heterocycles. The van der Waals surface area contributed by atoms with Crippen LogP contribution >= 0.6 is 11.6 Å². The van der Waals surface area contributed by atoms with Crippen molar-refractivity contribution in [3.8, 4) is 0 Å². The lowest BCUT2D eigenvalue weighted by atomic mass is 10.0. The zero-order valence-electron chi connectivity index (χ0n) is 9.87. The van der Waals surface area contributed by atoms with Gasteiger partial charge in [0.05, 0.1) is 5.25 Å². The Balaban J connectivity index is 3.22. The SMILES string of the molecule is Cc1cc(C(N)C(C)S(C)(=O)=O)c(Cl)cc1F. The molecule has 0 spiro atoms. The first-order valence-electron chi connectivity index (χ1n) is 5.04. The third-order valence-corrected chi connectivity index (χ3v) is 4.79. The molecule has 0 aromatic heterocycles. The monoisotopic (exact) mass is 279 g/mol. The van der Waals surface area contributed by atoms with Gasteiger partial charge in [-0.3, -0.25) is 0 Å². The molecule has 17 heavy (non-hydrogen) atoms. The molecule has 0 amide bonds. The smallest absolute Gasteiger partial charge is 0.151 e. The molecule has 1 rings (SSSR count). The van der Waals surface area contributed by atoms with Gasteiger partial charge in [-0.05, 0) is 31.0 Å². The Bertz CT molecular complexity index is 531. The summed E-state index contributed by atoms with van der Waals surface area (Å²) in [4.78, 5) is 0. The van der Waals surface area contributed by atoms with Gasteiger partial charge in [0.15, 0.2) is 9.84 Å². The van der Waals surface area contributed by atoms with Crippen LogP contribution in [0, 0.1) is 12.7 Å². The summed E-state index contributed by atoms with van der Waals surface area (Å²) in [5, 5.41) is -0.624. The minimum Gasteiger partial charge on any atom is -0.323 e. The van der Waals surface area contributed by atoms with E-state index in [1.807, 2.05) is 0 Å². The molecule has 1 aromatic rings. The summed E-state index contributed by atoms with van der Waals surface area (Å²) >= 11 is 5.88. The molecule has 0 aliphatic rings. The molecule has 6 heteroatoms. The molecule has 2 N–H and O–H groups in total. The van der Waals surface area contributed by atoms with E-state index in [0.717, 1.165) is 12.3 Å². The lowest BCUT2D eigenvalue weighted by molar-refractivity contribution is 0.569. The summed E-state index contributed by atoms with van der Waals surface area (Å²) in [6.45, 7) is 3.09. The highest BCUT2D eigenvalue weighted by Gasteiger charge is 2.26. The second-order valence-corrected chi connectivity index (χ2v) is 6.99. The molecule has 2 unspecified atom stereocenters. The average molecular weight is 280 g/mol. The Hall–Kier alpha value is -0.650. The number of sulfone groups is 1. The summed E-state index contributed by atoms with van der Waals surface area (Å²) in [7, 11) is -3.27. The Labute approximate surface area is 106 Å². The Morgan fingerprint density at radius 1 is 1.41 bits per heavy atom. The third kappa shape index (κ3) is 3.18. The first kappa shape index (κ1) is 14.4. The standard InChI is InChI=1S/C11H15ClFNO2S/c1-6-4-8(9(12)5-10(6)13)11(14)7(2)17(3,15)16/h4-5,7,11H,14H2,1-3H3. The van der Waals surface area contributed by atoms with Gasteiger partial charge in [0.2, 0.25) is 0 Å². The van der Waals surface area contributed by atoms with Crippen molar-refractivity contribution >= 4 is 21.4 Å². The van der Waals surface area contributed by atoms with Gasteiger partial charge < -0.3 is 5.73 Å². The van der Waals surface area contributed by atoms with Crippen LogP contribution in [0.25, 0.3) is 0 Å². The molecule has 2 atom stereocenters. The second kappa shape index (κ2) is 4.92. The van der Waals surface area contributed by atoms with E-state index in [2.05, 4.69) is 0 Å². The van der Waals surface area contributed by atoms with Crippen molar-refractivity contribution in [3.63, 3.8) is 0 Å². The minimum atomic E-state index is -3.27. The molecule has 1 aromatic carbocycles. The fourth-order valence-electron chi connectivity index (χ4n) is 1.45. The highest BCUT2D eigenvalue weighted by Crippen LogP contribution is 2.28. The normalized spacial score (nSPS) is 15.6. The van der Waals surface area contributed by atoms with Gasteiger partial charge in [0.1, 0.15) is 5.82 Å². The first-order chi connectivity index (χ1) is 7.64. The highest BCUT2D eigenvalue weighted by atomic mass is 35.5. The van der Waals surface area contributed by atoms with Crippen molar-refractivity contribution in [2.45, 2.75) is 25.1 Å². The number of halogens is 2. The second-order valence-electron chi connectivity index (χ2n) is 4.18. The molecular formula is C11H15ClFNO2S. The molecule has 0 saturated carbocycles. The molecule has 3 nitrogen and oxygen atoms in total. The van der Waals surface area contributed by atoms with Crippen molar-refractivity contribution in [2.75, 3.05) is 6.26 Å². The van der Waals surface area contributed by atoms with Gasteiger partial charge in [0, 0.05) is 17.3 Å². The predicted molar refractivity (Wildman–Crippen MR) is 67.4 cm³/mol. The van der Waals surface area contributed by atoms with Crippen LogP contribution in [0.15, 0.2) is 12.1 Å². The Kier molecular flexibility index (Phi) is 4.17. The molecule has 0 heterocycles. The third-order valence-electron chi connectivity index (χ3n) is 2.82. The highest BCUT2D eigenvalue weighted by molar-refractivity contribution is 7.91. The Morgan fingerprint density at radius 3 is 2.41 bits per heavy atom. The predicted octanol–water partition coefficient (Wildman–Crippen LogP) is 2.22. The van der Waals surface area contributed by atoms with Crippen molar-refractivity contribution in [1.29, 1.82) is 0 Å². The number of hydrogen-bond acceptors (Lipinski definition) is 3. The van der Waals surface area contributed by atoms with E-state index in [0.29, 0.717) is 11.1 Å². The fourth-order valence-corrected chi connectivity index (χ4v) is 2.41. The van der Waals surface area contributed by atoms with Crippen LogP contribution in [0.2, 0.25) is 5.02 Å². The van der Waals surface area contributed by atoms with E-state index < -0.39 is 26.9 Å². The van der Waals surface area contributed by atoms with E-state index in [-0.39, 0.29) is 5.02 Å². The van der Waals surface area contributed by atoms with Crippen LogP contribution in [0.5, 0.6) is 0 Å². The van der Waals surface area contributed by atoms with E-state index in [4.69, 9.17) is 17.3 Å². The van der Waals surface area contributed by atoms with Crippen LogP contribution in [-0.2, 0) is 9.84 Å². The first-order valence-corrected chi connectivity index (χ1v) is 7.38. The summed E-state index contributed by atoms with van der Waals surface area (Å²) in [5.74, 6) is -0.432. The zero-order valence-corrected chi connectivity index (χ0v) is 11.4. The van der Waals surface area contributed by atoms with E-state index in [1.165, 1.54) is 13.0 Å². The summed E-state index contributed by atoms with van der Waals surface area (Å²) < 4.78 is 36.0. The lowest BCUT2D eigenvalue weighted by Gasteiger charge is -2.20. The number of rotatable bonds is 3. The molecule has 0 saturated heterocycles. The largest absolute Gasteiger partial charge is 0.323 e. The van der Waals surface area contributed by atoms with Crippen LogP contribution in [-0.4, -0.2) is 19.9 Å². The van der Waals surface area contributed by atoms with E-state index >= 15 is 0 Å². The molecule has 96 valence electrons. The van der Waals surface area contributed by atoms with Gasteiger partial charge in [0.25, 0.3) is 0 Å². The van der Waals surface area contributed by atoms with Crippen LogP contribution < -0.4 is 5.73 Å². The summed E-state index contributed by atoms with van der Waals surface area (Å²) in [6, 6.07) is 1.88. The summed E-state index contributed by atoms with van der Waals surface area (Å²) in [6.07, 6.45) is 1.11. The maximum absolute atomic E-state index is 13.2. The quantitative estimate of drug-likeness (QED) is 0.923. The topological polar surface area (TPSA) is 60.2 Å². The van der Waals surface area contributed by atoms with Crippen LogP contribution in [0.3, 0.4) is 0 Å². The van der Waals surface area contributed by atoms with Crippen molar-refractivity contribution in [3.05, 3.63) is 34.1 Å². The van der Waals surface area contributed by atoms with Crippen molar-refractivity contribution in [1.82, 2.24) is 0 Å². The van der Waals surface area contributed by atoms with Crippen molar-refractivity contribution in [2.24, 2.45) is 5.73 Å². The number of hydrogen-bond donors (Lipinski definition) is 1. The number of aryl methyl sites for hydroxylation is 1. The van der Waals surface area contributed by atoms with Gasteiger partial charge in [-0.15, -0.1) is 0 Å². The molecule has 0 radical (unpaired) electrons. The van der Waals surface area contributed by atoms with Crippen LogP contribution in [0.1, 0.15) is 24.1 Å². The number of nitrogens with two attached hydrogens (primary N) is 1. The lowest BCUT2D eigenvalue weighted by Crippen LogP contribution is -2.30. The molecule has 0 aliphatic carbocycles. The average Bonchev–Trinajstić information content (AvgIpc) is 2.20.